The van der Waals surface area contributed by atoms with Gasteiger partial charge in [-0.15, -0.1) is 0 Å². The van der Waals surface area contributed by atoms with Crippen LogP contribution in [0.15, 0.2) is 28.7 Å². The van der Waals surface area contributed by atoms with Crippen LogP contribution in [-0.2, 0) is 19.6 Å². The van der Waals surface area contributed by atoms with E-state index >= 15 is 0 Å². The molecular weight excluding hydrogens is 352 g/mol. The van der Waals surface area contributed by atoms with E-state index in [-0.39, 0.29) is 0 Å². The van der Waals surface area contributed by atoms with Gasteiger partial charge in [0.15, 0.2) is 0 Å². The third kappa shape index (κ3) is 3.85. The molecule has 1 aromatic carbocycles. The first-order valence-corrected chi connectivity index (χ1v) is 10.0. The molecule has 3 heterocycles. The molecule has 0 saturated heterocycles. The highest BCUT2D eigenvalue weighted by Crippen LogP contribution is 2.28. The topological polar surface area (TPSA) is 57.7 Å². The van der Waals surface area contributed by atoms with Gasteiger partial charge in [-0.2, -0.15) is 5.10 Å². The van der Waals surface area contributed by atoms with Gasteiger partial charge >= 0.3 is 0 Å². The minimum atomic E-state index is -0.552. The van der Waals surface area contributed by atoms with Gasteiger partial charge in [0, 0.05) is 31.6 Å². The zero-order chi connectivity index (χ0) is 19.8. The summed E-state index contributed by atoms with van der Waals surface area (Å²) in [6, 6.07) is 8.42. The number of aliphatic hydroxyl groups excluding tert-OH is 1. The highest BCUT2D eigenvalue weighted by atomic mass is 16.3. The van der Waals surface area contributed by atoms with Gasteiger partial charge in [0.25, 0.3) is 0 Å². The van der Waals surface area contributed by atoms with Crippen molar-refractivity contribution >= 4 is 11.0 Å². The van der Waals surface area contributed by atoms with Crippen LogP contribution in [0.2, 0.25) is 0 Å². The lowest BCUT2D eigenvalue weighted by Gasteiger charge is -2.18. The average molecular weight is 383 g/mol. The maximum absolute atomic E-state index is 10.4. The smallest absolute Gasteiger partial charge is 0.134 e. The average Bonchev–Trinajstić information content (AvgIpc) is 3.10. The summed E-state index contributed by atoms with van der Waals surface area (Å²) < 4.78 is 8.22. The summed E-state index contributed by atoms with van der Waals surface area (Å²) >= 11 is 0. The van der Waals surface area contributed by atoms with Crippen molar-refractivity contribution in [3.8, 4) is 0 Å². The molecule has 6 heteroatoms. The van der Waals surface area contributed by atoms with E-state index in [1.165, 1.54) is 16.5 Å². The number of furan rings is 1. The summed E-state index contributed by atoms with van der Waals surface area (Å²) in [5, 5.41) is 16.3. The van der Waals surface area contributed by atoms with Gasteiger partial charge in [0.2, 0.25) is 0 Å². The molecule has 0 radical (unpaired) electrons. The second-order valence-electron chi connectivity index (χ2n) is 8.28. The zero-order valence-corrected chi connectivity index (χ0v) is 17.3. The number of hydrogen-bond donors (Lipinski definition) is 1. The molecule has 1 atom stereocenters. The quantitative estimate of drug-likeness (QED) is 0.734. The maximum Gasteiger partial charge on any atom is 0.134 e. The first kappa shape index (κ1) is 19.2. The van der Waals surface area contributed by atoms with E-state index in [9.17, 15) is 5.11 Å². The largest absolute Gasteiger partial charge is 0.459 e. The molecule has 0 saturated carbocycles. The van der Waals surface area contributed by atoms with Crippen molar-refractivity contribution in [2.45, 2.75) is 46.0 Å². The van der Waals surface area contributed by atoms with E-state index in [4.69, 9.17) is 4.42 Å². The number of hydrogen-bond acceptors (Lipinski definition) is 5. The Kier molecular flexibility index (Phi) is 5.27. The van der Waals surface area contributed by atoms with E-state index in [1.807, 2.05) is 19.0 Å². The van der Waals surface area contributed by atoms with Gasteiger partial charge in [-0.05, 0) is 58.1 Å². The fraction of sp³-hybridized carbons (Fsp3) is 0.500. The normalized spacial score (nSPS) is 16.5. The Bertz CT molecular complexity index is 972. The predicted octanol–water partition coefficient (Wildman–Crippen LogP) is 3.25. The van der Waals surface area contributed by atoms with Crippen molar-refractivity contribution in [1.82, 2.24) is 19.6 Å². The molecule has 2 aromatic heterocycles. The Morgan fingerprint density at radius 3 is 2.82 bits per heavy atom. The molecule has 0 unspecified atom stereocenters. The Morgan fingerprint density at radius 2 is 2.04 bits per heavy atom. The summed E-state index contributed by atoms with van der Waals surface area (Å²) in [5.41, 5.74) is 5.38. The van der Waals surface area contributed by atoms with E-state index in [0.29, 0.717) is 6.54 Å². The third-order valence-corrected chi connectivity index (χ3v) is 5.55. The van der Waals surface area contributed by atoms with Crippen LogP contribution in [-0.4, -0.2) is 51.9 Å². The monoisotopic (exact) mass is 382 g/mol. The van der Waals surface area contributed by atoms with E-state index in [2.05, 4.69) is 52.8 Å². The Morgan fingerprint density at radius 1 is 1.21 bits per heavy atom. The second kappa shape index (κ2) is 7.70. The number of aryl methyl sites for hydroxylation is 3. The Hall–Kier alpha value is -2.15. The summed E-state index contributed by atoms with van der Waals surface area (Å²) in [6.45, 7) is 8.35. The Balaban J connectivity index is 1.53. The van der Waals surface area contributed by atoms with Gasteiger partial charge in [0.1, 0.15) is 17.4 Å². The molecule has 0 fully saturated rings. The van der Waals surface area contributed by atoms with E-state index in [0.717, 1.165) is 55.3 Å². The number of likely N-dealkylation sites (N-methyl/N-ethyl adjacent to an activating group) is 1. The van der Waals surface area contributed by atoms with Crippen LogP contribution in [0, 0.1) is 13.8 Å². The Labute approximate surface area is 166 Å². The van der Waals surface area contributed by atoms with Crippen LogP contribution in [0.1, 0.15) is 40.8 Å². The van der Waals surface area contributed by atoms with Gasteiger partial charge in [-0.25, -0.2) is 0 Å². The molecule has 1 aliphatic heterocycles. The van der Waals surface area contributed by atoms with Crippen LogP contribution >= 0.6 is 0 Å². The van der Waals surface area contributed by atoms with Gasteiger partial charge < -0.3 is 14.4 Å². The van der Waals surface area contributed by atoms with E-state index < -0.39 is 6.10 Å². The molecule has 6 nitrogen and oxygen atoms in total. The van der Waals surface area contributed by atoms with Crippen LogP contribution < -0.4 is 0 Å². The van der Waals surface area contributed by atoms with Gasteiger partial charge in [0.05, 0.1) is 17.9 Å². The van der Waals surface area contributed by atoms with Crippen LogP contribution in [0.25, 0.3) is 11.0 Å². The predicted molar refractivity (Wildman–Crippen MR) is 110 cm³/mol. The first-order valence-electron chi connectivity index (χ1n) is 10.0. The molecule has 3 aromatic rings. The van der Waals surface area contributed by atoms with Crippen molar-refractivity contribution < 1.29 is 9.52 Å². The standard InChI is InChI=1S/C22H30N4O2/c1-15-6-7-21-18(10-15)16(2)22(28-21)14-25-8-5-9-26-17(12-25)11-19(23-26)20(27)13-24(3)4/h6-7,10-11,20,27H,5,8-9,12-14H2,1-4H3/t20-/m0/s1. The minimum absolute atomic E-state index is 0.552. The second-order valence-corrected chi connectivity index (χ2v) is 8.28. The summed E-state index contributed by atoms with van der Waals surface area (Å²) in [6.07, 6.45) is 0.486. The lowest BCUT2D eigenvalue weighted by molar-refractivity contribution is 0.133. The lowest BCUT2D eigenvalue weighted by Crippen LogP contribution is -2.23. The molecule has 0 bridgehead atoms. The molecular formula is C22H30N4O2. The van der Waals surface area contributed by atoms with Crippen LogP contribution in [0.3, 0.4) is 0 Å². The van der Waals surface area contributed by atoms with Gasteiger partial charge in [-0.1, -0.05) is 11.6 Å². The van der Waals surface area contributed by atoms with E-state index in [1.54, 1.807) is 0 Å². The molecule has 0 spiro atoms. The van der Waals surface area contributed by atoms with Crippen LogP contribution in [0.5, 0.6) is 0 Å². The third-order valence-electron chi connectivity index (χ3n) is 5.55. The number of fused-ring (bicyclic) bond motifs is 2. The fourth-order valence-corrected chi connectivity index (χ4v) is 4.03. The van der Waals surface area contributed by atoms with Gasteiger partial charge in [-0.3, -0.25) is 9.58 Å². The zero-order valence-electron chi connectivity index (χ0n) is 17.3. The highest BCUT2D eigenvalue weighted by molar-refractivity contribution is 5.82. The molecule has 0 amide bonds. The fourth-order valence-electron chi connectivity index (χ4n) is 4.03. The molecule has 1 N–H and O–H groups in total. The molecule has 150 valence electrons. The highest BCUT2D eigenvalue weighted by Gasteiger charge is 2.22. The first-order chi connectivity index (χ1) is 13.4. The molecule has 0 aliphatic carbocycles. The SMILES string of the molecule is Cc1ccc2oc(CN3CCCn4nc([C@@H](O)CN(C)C)cc4C3)c(C)c2c1. The summed E-state index contributed by atoms with van der Waals surface area (Å²) in [7, 11) is 3.92. The summed E-state index contributed by atoms with van der Waals surface area (Å²) in [4.78, 5) is 4.40. The van der Waals surface area contributed by atoms with Crippen molar-refractivity contribution in [2.75, 3.05) is 27.2 Å². The molecule has 1 aliphatic rings. The number of nitrogens with zero attached hydrogens (tertiary/aromatic N) is 4. The van der Waals surface area contributed by atoms with Crippen LogP contribution in [0.4, 0.5) is 0 Å². The number of aliphatic hydroxyl groups is 1. The van der Waals surface area contributed by atoms with Crippen molar-refractivity contribution in [3.05, 3.63) is 52.5 Å². The molecule has 4 rings (SSSR count). The maximum atomic E-state index is 10.4. The summed E-state index contributed by atoms with van der Waals surface area (Å²) in [5.74, 6) is 1.04. The van der Waals surface area contributed by atoms with Crippen molar-refractivity contribution in [1.29, 1.82) is 0 Å². The van der Waals surface area contributed by atoms with Crippen molar-refractivity contribution in [2.24, 2.45) is 0 Å². The molecule has 28 heavy (non-hydrogen) atoms. The minimum Gasteiger partial charge on any atom is -0.459 e. The number of benzene rings is 1. The number of rotatable bonds is 5. The number of aromatic nitrogens is 2. The lowest BCUT2D eigenvalue weighted by atomic mass is 10.1. The van der Waals surface area contributed by atoms with Crippen molar-refractivity contribution in [3.63, 3.8) is 0 Å².